The minimum atomic E-state index is -0.402. The van der Waals surface area contributed by atoms with Gasteiger partial charge in [0.15, 0.2) is 4.80 Å². The van der Waals surface area contributed by atoms with Crippen molar-refractivity contribution in [2.45, 2.75) is 25.5 Å². The topological polar surface area (TPSA) is 78.9 Å². The van der Waals surface area contributed by atoms with Gasteiger partial charge in [-0.2, -0.15) is 0 Å². The van der Waals surface area contributed by atoms with Crippen molar-refractivity contribution in [2.75, 3.05) is 13.7 Å². The fraction of sp³-hybridized carbons (Fsp3) is 0.286. The van der Waals surface area contributed by atoms with Gasteiger partial charge in [0.25, 0.3) is 5.69 Å². The number of hydrogen-bond donors (Lipinski definition) is 0. The van der Waals surface area contributed by atoms with Crippen LogP contribution in [0.25, 0.3) is 11.3 Å². The summed E-state index contributed by atoms with van der Waals surface area (Å²) in [5.74, 6) is 0.791. The maximum atomic E-state index is 11.4. The summed E-state index contributed by atoms with van der Waals surface area (Å²) in [6.07, 6.45) is 2.16. The second kappa shape index (κ2) is 8.59. The Hall–Kier alpha value is -2.97. The van der Waals surface area contributed by atoms with Gasteiger partial charge < -0.3 is 14.0 Å². The molecule has 0 spiro atoms. The van der Waals surface area contributed by atoms with Crippen LogP contribution in [0, 0.1) is 10.1 Å². The molecule has 1 aliphatic heterocycles. The normalized spacial score (nSPS) is 16.9. The lowest BCUT2D eigenvalue weighted by molar-refractivity contribution is -0.384. The Labute approximate surface area is 172 Å². The van der Waals surface area contributed by atoms with Crippen molar-refractivity contribution in [2.24, 2.45) is 4.99 Å². The summed E-state index contributed by atoms with van der Waals surface area (Å²) in [4.78, 5) is 16.3. The van der Waals surface area contributed by atoms with E-state index in [0.29, 0.717) is 17.0 Å². The van der Waals surface area contributed by atoms with Gasteiger partial charge in [0.1, 0.15) is 11.4 Å². The van der Waals surface area contributed by atoms with E-state index in [1.165, 1.54) is 17.4 Å². The van der Waals surface area contributed by atoms with Crippen molar-refractivity contribution < 1.29 is 14.4 Å². The van der Waals surface area contributed by atoms with Crippen LogP contribution in [0.3, 0.4) is 0 Å². The Kier molecular flexibility index (Phi) is 5.73. The molecule has 7 nitrogen and oxygen atoms in total. The van der Waals surface area contributed by atoms with Gasteiger partial charge in [-0.1, -0.05) is 12.1 Å². The molecule has 1 aliphatic rings. The van der Waals surface area contributed by atoms with Crippen LogP contribution >= 0.6 is 11.3 Å². The number of nitro groups is 1. The second-order valence-electron chi connectivity index (χ2n) is 6.74. The van der Waals surface area contributed by atoms with Crippen molar-refractivity contribution in [3.8, 4) is 17.0 Å². The highest BCUT2D eigenvalue weighted by Crippen LogP contribution is 2.28. The number of benzene rings is 2. The number of thiazole rings is 1. The van der Waals surface area contributed by atoms with E-state index < -0.39 is 4.92 Å². The Bertz CT molecular complexity index is 1070. The first kappa shape index (κ1) is 19.4. The average molecular weight is 411 g/mol. The average Bonchev–Trinajstić information content (AvgIpc) is 3.39. The van der Waals surface area contributed by atoms with Gasteiger partial charge in [0.05, 0.1) is 30.4 Å². The number of nitrogens with zero attached hydrogens (tertiary/aromatic N) is 3. The molecular formula is C21H21N3O4S. The molecule has 2 aromatic carbocycles. The van der Waals surface area contributed by atoms with Crippen molar-refractivity contribution in [1.29, 1.82) is 0 Å². The van der Waals surface area contributed by atoms with Gasteiger partial charge >= 0.3 is 0 Å². The van der Waals surface area contributed by atoms with Gasteiger partial charge in [-0.15, -0.1) is 11.3 Å². The zero-order valence-corrected chi connectivity index (χ0v) is 16.8. The lowest BCUT2D eigenvalue weighted by Gasteiger charge is -2.14. The molecule has 29 heavy (non-hydrogen) atoms. The number of hydrogen-bond acceptors (Lipinski definition) is 6. The van der Waals surface area contributed by atoms with Gasteiger partial charge in [-0.25, -0.2) is 4.99 Å². The number of nitro benzene ring substituents is 1. The summed E-state index contributed by atoms with van der Waals surface area (Å²) < 4.78 is 13.2. The predicted octanol–water partition coefficient (Wildman–Crippen LogP) is 4.54. The molecule has 1 atom stereocenters. The zero-order valence-electron chi connectivity index (χ0n) is 16.0. The van der Waals surface area contributed by atoms with Gasteiger partial charge in [0, 0.05) is 18.1 Å². The third kappa shape index (κ3) is 4.23. The van der Waals surface area contributed by atoms with Gasteiger partial charge in [0.2, 0.25) is 0 Å². The zero-order chi connectivity index (χ0) is 20.2. The summed E-state index contributed by atoms with van der Waals surface area (Å²) in [5.41, 5.74) is 2.38. The van der Waals surface area contributed by atoms with Crippen molar-refractivity contribution in [1.82, 2.24) is 4.57 Å². The molecule has 4 rings (SSSR count). The van der Waals surface area contributed by atoms with Crippen molar-refractivity contribution >= 4 is 22.7 Å². The van der Waals surface area contributed by atoms with Crippen molar-refractivity contribution in [3.05, 3.63) is 68.8 Å². The van der Waals surface area contributed by atoms with E-state index in [1.54, 1.807) is 25.3 Å². The summed E-state index contributed by atoms with van der Waals surface area (Å²) >= 11 is 1.47. The first-order valence-corrected chi connectivity index (χ1v) is 10.3. The van der Waals surface area contributed by atoms with E-state index in [1.807, 2.05) is 29.6 Å². The maximum absolute atomic E-state index is 11.4. The molecule has 3 aromatic rings. The molecule has 1 unspecified atom stereocenters. The first-order chi connectivity index (χ1) is 14.2. The summed E-state index contributed by atoms with van der Waals surface area (Å²) in [5, 5.41) is 13.4. The number of rotatable bonds is 6. The van der Waals surface area contributed by atoms with E-state index in [9.17, 15) is 10.1 Å². The Morgan fingerprint density at radius 2 is 2.07 bits per heavy atom. The van der Waals surface area contributed by atoms with Crippen LogP contribution in [-0.4, -0.2) is 29.3 Å². The highest BCUT2D eigenvalue weighted by molar-refractivity contribution is 7.07. The van der Waals surface area contributed by atoms with Crippen LogP contribution in [0.4, 0.5) is 11.4 Å². The largest absolute Gasteiger partial charge is 0.497 e. The molecule has 0 saturated carbocycles. The number of ether oxygens (including phenoxy) is 2. The number of methoxy groups -OCH3 is 1. The van der Waals surface area contributed by atoms with Crippen LogP contribution in [0.1, 0.15) is 12.8 Å². The molecule has 1 aromatic heterocycles. The van der Waals surface area contributed by atoms with Gasteiger partial charge in [-0.05, 0) is 48.7 Å². The van der Waals surface area contributed by atoms with Gasteiger partial charge in [-0.3, -0.25) is 10.1 Å². The first-order valence-electron chi connectivity index (χ1n) is 9.38. The molecule has 1 fully saturated rings. The standard InChI is InChI=1S/C21H21N3O4S/c1-27-16-10-8-15(9-11-16)20-14-29-21(23(20)13-17-5-4-12-28-17)22-18-6-2-3-7-19(18)24(25)26/h2-3,6-11,14,17H,4-5,12-13H2,1H3. The third-order valence-electron chi connectivity index (χ3n) is 4.89. The summed E-state index contributed by atoms with van der Waals surface area (Å²) in [7, 11) is 1.64. The monoisotopic (exact) mass is 411 g/mol. The minimum absolute atomic E-state index is 0.00411. The molecule has 0 aliphatic carbocycles. The molecule has 0 radical (unpaired) electrons. The molecule has 2 heterocycles. The molecule has 8 heteroatoms. The molecular weight excluding hydrogens is 390 g/mol. The molecule has 1 saturated heterocycles. The summed E-state index contributed by atoms with van der Waals surface area (Å²) in [6.45, 7) is 1.42. The minimum Gasteiger partial charge on any atom is -0.497 e. The highest BCUT2D eigenvalue weighted by atomic mass is 32.1. The van der Waals surface area contributed by atoms with E-state index in [-0.39, 0.29) is 11.8 Å². The van der Waals surface area contributed by atoms with Crippen LogP contribution in [0.15, 0.2) is 58.9 Å². The van der Waals surface area contributed by atoms with Crippen LogP contribution in [-0.2, 0) is 11.3 Å². The summed E-state index contributed by atoms with van der Waals surface area (Å²) in [6, 6.07) is 14.4. The lowest BCUT2D eigenvalue weighted by atomic mass is 10.1. The molecule has 0 amide bonds. The smallest absolute Gasteiger partial charge is 0.294 e. The van der Waals surface area contributed by atoms with E-state index >= 15 is 0 Å². The van der Waals surface area contributed by atoms with E-state index in [4.69, 9.17) is 9.47 Å². The highest BCUT2D eigenvalue weighted by Gasteiger charge is 2.20. The Morgan fingerprint density at radius 3 is 2.76 bits per heavy atom. The molecule has 0 N–H and O–H groups in total. The van der Waals surface area contributed by atoms with E-state index in [0.717, 1.165) is 36.5 Å². The lowest BCUT2D eigenvalue weighted by Crippen LogP contribution is -2.24. The quantitative estimate of drug-likeness (QED) is 0.440. The predicted molar refractivity (Wildman–Crippen MR) is 112 cm³/mol. The fourth-order valence-corrected chi connectivity index (χ4v) is 4.33. The van der Waals surface area contributed by atoms with E-state index in [2.05, 4.69) is 9.56 Å². The number of para-hydroxylation sites is 2. The van der Waals surface area contributed by atoms with Crippen LogP contribution < -0.4 is 9.54 Å². The SMILES string of the molecule is COc1ccc(-c2csc(=Nc3ccccc3[N+](=O)[O-])n2CC2CCCO2)cc1. The third-order valence-corrected chi connectivity index (χ3v) is 5.75. The van der Waals surface area contributed by atoms with Crippen molar-refractivity contribution in [3.63, 3.8) is 0 Å². The second-order valence-corrected chi connectivity index (χ2v) is 7.57. The number of aromatic nitrogens is 1. The molecule has 150 valence electrons. The van der Waals surface area contributed by atoms with Crippen LogP contribution in [0.5, 0.6) is 5.75 Å². The molecule has 0 bridgehead atoms. The Morgan fingerprint density at radius 1 is 1.28 bits per heavy atom. The Balaban J connectivity index is 1.81. The maximum Gasteiger partial charge on any atom is 0.294 e. The fourth-order valence-electron chi connectivity index (χ4n) is 3.40. The van der Waals surface area contributed by atoms with Crippen LogP contribution in [0.2, 0.25) is 0 Å².